The summed E-state index contributed by atoms with van der Waals surface area (Å²) in [4.78, 5) is 7.88. The van der Waals surface area contributed by atoms with Crippen molar-refractivity contribution in [2.45, 2.75) is 32.1 Å². The third kappa shape index (κ3) is 4.02. The summed E-state index contributed by atoms with van der Waals surface area (Å²) in [5, 5.41) is 5.30. The van der Waals surface area contributed by atoms with Crippen LogP contribution < -0.4 is 5.32 Å². The first-order valence-corrected chi connectivity index (χ1v) is 10.6. The molecule has 5 nitrogen and oxygen atoms in total. The van der Waals surface area contributed by atoms with Gasteiger partial charge in [-0.05, 0) is 42.8 Å². The minimum atomic E-state index is -3.03. The topological polar surface area (TPSA) is 61.8 Å². The number of nitrogens with zero attached hydrogens (tertiary/aromatic N) is 2. The molecule has 0 spiro atoms. The predicted molar refractivity (Wildman–Crippen MR) is 96.3 cm³/mol. The minimum Gasteiger partial charge on any atom is -0.357 e. The summed E-state index contributed by atoms with van der Waals surface area (Å²) in [5.74, 6) is 0.963. The van der Waals surface area contributed by atoms with E-state index in [4.69, 9.17) is 0 Å². The molecule has 0 amide bonds. The summed E-state index contributed by atoms with van der Waals surface area (Å²) >= 11 is 5.10. The van der Waals surface area contributed by atoms with E-state index in [1.54, 1.807) is 25.2 Å². The Morgan fingerprint density at radius 3 is 2.82 bits per heavy atom. The van der Waals surface area contributed by atoms with Crippen molar-refractivity contribution in [3.05, 3.63) is 20.8 Å². The number of hydrogen-bond acceptors (Lipinski definition) is 4. The van der Waals surface area contributed by atoms with Crippen molar-refractivity contribution in [3.8, 4) is 0 Å². The maximum atomic E-state index is 12.1. The highest BCUT2D eigenvalue weighted by atomic mass is 79.9. The second-order valence-electron chi connectivity index (χ2n) is 5.90. The molecule has 0 aliphatic carbocycles. The van der Waals surface area contributed by atoms with E-state index < -0.39 is 14.6 Å². The number of rotatable bonds is 3. The maximum absolute atomic E-state index is 12.1. The van der Waals surface area contributed by atoms with E-state index in [9.17, 15) is 8.42 Å². The summed E-state index contributed by atoms with van der Waals surface area (Å²) in [6.45, 7) is 7.91. The smallest absolute Gasteiger partial charge is 0.194 e. The van der Waals surface area contributed by atoms with E-state index in [1.807, 2.05) is 17.2 Å². The highest BCUT2D eigenvalue weighted by molar-refractivity contribution is 9.10. The summed E-state index contributed by atoms with van der Waals surface area (Å²) < 4.78 is 24.6. The highest BCUT2D eigenvalue weighted by Gasteiger charge is 2.40. The van der Waals surface area contributed by atoms with Crippen molar-refractivity contribution >= 4 is 43.1 Å². The lowest BCUT2D eigenvalue weighted by Gasteiger charge is -2.39. The molecule has 0 aromatic carbocycles. The molecule has 1 aliphatic heterocycles. The van der Waals surface area contributed by atoms with Crippen molar-refractivity contribution in [3.63, 3.8) is 0 Å². The quantitative estimate of drug-likeness (QED) is 0.617. The first kappa shape index (κ1) is 17.7. The molecular formula is C14H22BrN3O2S2. The monoisotopic (exact) mass is 407 g/mol. The molecule has 124 valence electrons. The molecular weight excluding hydrogens is 386 g/mol. The molecule has 1 aromatic rings. The predicted octanol–water partition coefficient (Wildman–Crippen LogP) is 2.49. The zero-order valence-electron chi connectivity index (χ0n) is 13.1. The zero-order valence-corrected chi connectivity index (χ0v) is 16.3. The number of guanidine groups is 1. The van der Waals surface area contributed by atoms with Gasteiger partial charge < -0.3 is 10.2 Å². The van der Waals surface area contributed by atoms with Crippen LogP contribution >= 0.6 is 27.3 Å². The molecule has 0 bridgehead atoms. The Balaban J connectivity index is 2.14. The molecule has 1 saturated heterocycles. The average molecular weight is 408 g/mol. The molecule has 1 N–H and O–H groups in total. The van der Waals surface area contributed by atoms with Crippen LogP contribution in [0.15, 0.2) is 20.9 Å². The van der Waals surface area contributed by atoms with Gasteiger partial charge in [0.05, 0.1) is 17.0 Å². The fraction of sp³-hybridized carbons (Fsp3) is 0.643. The molecule has 1 aromatic heterocycles. The Bertz CT molecular complexity index is 653. The SMILES string of the molecule is CCNC(=NCc1cc(Br)cs1)N1CCS(=O)(=O)C(C)(C)C1. The standard InChI is InChI=1S/C14H22BrN3O2S2/c1-4-16-13(17-8-12-7-11(15)9-21-12)18-5-6-22(19,20)14(2,3)10-18/h7,9H,4-6,8,10H2,1-3H3,(H,16,17). The lowest BCUT2D eigenvalue weighted by atomic mass is 10.2. The fourth-order valence-corrected chi connectivity index (χ4v) is 5.08. The number of sulfone groups is 1. The van der Waals surface area contributed by atoms with Crippen LogP contribution in [0, 0.1) is 0 Å². The van der Waals surface area contributed by atoms with Gasteiger partial charge in [-0.3, -0.25) is 0 Å². The van der Waals surface area contributed by atoms with Crippen LogP contribution in [0.5, 0.6) is 0 Å². The van der Waals surface area contributed by atoms with Gasteiger partial charge in [0.15, 0.2) is 15.8 Å². The van der Waals surface area contributed by atoms with Crippen LogP contribution in [0.2, 0.25) is 0 Å². The van der Waals surface area contributed by atoms with E-state index in [2.05, 4.69) is 32.3 Å². The normalized spacial score (nSPS) is 20.9. The number of halogens is 1. The first-order chi connectivity index (χ1) is 10.2. The van der Waals surface area contributed by atoms with Crippen LogP contribution in [0.1, 0.15) is 25.6 Å². The third-order valence-corrected chi connectivity index (χ3v) is 7.90. The summed E-state index contributed by atoms with van der Waals surface area (Å²) in [6.07, 6.45) is 0. The molecule has 2 rings (SSSR count). The molecule has 0 atom stereocenters. The summed E-state index contributed by atoms with van der Waals surface area (Å²) in [6, 6.07) is 2.06. The van der Waals surface area contributed by atoms with Crippen LogP contribution in [0.25, 0.3) is 0 Å². The average Bonchev–Trinajstić information content (AvgIpc) is 2.84. The van der Waals surface area contributed by atoms with Crippen LogP contribution in [0.3, 0.4) is 0 Å². The van der Waals surface area contributed by atoms with E-state index in [0.29, 0.717) is 19.6 Å². The lowest BCUT2D eigenvalue weighted by molar-refractivity contribution is 0.353. The largest absolute Gasteiger partial charge is 0.357 e. The summed E-state index contributed by atoms with van der Waals surface area (Å²) in [7, 11) is -3.03. The fourth-order valence-electron chi connectivity index (χ4n) is 2.34. The Labute approximate surface area is 144 Å². The van der Waals surface area contributed by atoms with E-state index in [-0.39, 0.29) is 5.75 Å². The highest BCUT2D eigenvalue weighted by Crippen LogP contribution is 2.24. The lowest BCUT2D eigenvalue weighted by Crippen LogP contribution is -2.57. The van der Waals surface area contributed by atoms with Crippen molar-refractivity contribution in [1.82, 2.24) is 10.2 Å². The van der Waals surface area contributed by atoms with Crippen molar-refractivity contribution in [2.75, 3.05) is 25.4 Å². The molecule has 8 heteroatoms. The third-order valence-electron chi connectivity index (χ3n) is 3.68. The van der Waals surface area contributed by atoms with Gasteiger partial charge in [0.25, 0.3) is 0 Å². The van der Waals surface area contributed by atoms with Crippen LogP contribution in [0.4, 0.5) is 0 Å². The molecule has 0 radical (unpaired) electrons. The summed E-state index contributed by atoms with van der Waals surface area (Å²) in [5.41, 5.74) is 0. The molecule has 0 saturated carbocycles. The first-order valence-electron chi connectivity index (χ1n) is 7.23. The van der Waals surface area contributed by atoms with Gasteiger partial charge in [-0.15, -0.1) is 11.3 Å². The van der Waals surface area contributed by atoms with Gasteiger partial charge in [-0.25, -0.2) is 13.4 Å². The van der Waals surface area contributed by atoms with Gasteiger partial charge in [0, 0.05) is 34.4 Å². The van der Waals surface area contributed by atoms with Gasteiger partial charge in [-0.1, -0.05) is 0 Å². The molecule has 1 fully saturated rings. The van der Waals surface area contributed by atoms with Crippen LogP contribution in [-0.4, -0.2) is 49.4 Å². The minimum absolute atomic E-state index is 0.176. The van der Waals surface area contributed by atoms with Gasteiger partial charge in [-0.2, -0.15) is 0 Å². The van der Waals surface area contributed by atoms with Gasteiger partial charge in [0.1, 0.15) is 0 Å². The number of aliphatic imine (C=N–C) groups is 1. The number of hydrogen-bond donors (Lipinski definition) is 1. The molecule has 22 heavy (non-hydrogen) atoms. The Kier molecular flexibility index (Phi) is 5.55. The second kappa shape index (κ2) is 6.88. The van der Waals surface area contributed by atoms with Gasteiger partial charge in [0.2, 0.25) is 0 Å². The molecule has 1 aliphatic rings. The van der Waals surface area contributed by atoms with E-state index in [0.717, 1.165) is 17.0 Å². The number of nitrogens with one attached hydrogen (secondary N) is 1. The van der Waals surface area contributed by atoms with Crippen molar-refractivity contribution in [2.24, 2.45) is 4.99 Å². The van der Waals surface area contributed by atoms with Crippen LogP contribution in [-0.2, 0) is 16.4 Å². The zero-order chi connectivity index (χ0) is 16.4. The van der Waals surface area contributed by atoms with E-state index >= 15 is 0 Å². The second-order valence-corrected chi connectivity index (χ2v) is 10.6. The van der Waals surface area contributed by atoms with Crippen molar-refractivity contribution in [1.29, 1.82) is 0 Å². The van der Waals surface area contributed by atoms with Gasteiger partial charge >= 0.3 is 0 Å². The Morgan fingerprint density at radius 2 is 2.27 bits per heavy atom. The van der Waals surface area contributed by atoms with E-state index in [1.165, 1.54) is 4.88 Å². The maximum Gasteiger partial charge on any atom is 0.194 e. The van der Waals surface area contributed by atoms with Crippen molar-refractivity contribution < 1.29 is 8.42 Å². The number of thiophene rings is 1. The Hall–Kier alpha value is -0.600. The molecule has 2 heterocycles. The molecule has 0 unspecified atom stereocenters. The Morgan fingerprint density at radius 1 is 1.55 bits per heavy atom.